The van der Waals surface area contributed by atoms with Crippen LogP contribution in [0.25, 0.3) is 0 Å². The van der Waals surface area contributed by atoms with E-state index in [9.17, 15) is 4.79 Å². The zero-order valence-electron chi connectivity index (χ0n) is 10.3. The topological polar surface area (TPSA) is 72.5 Å². The molecule has 0 fully saturated rings. The van der Waals surface area contributed by atoms with Crippen LogP contribution in [0.2, 0.25) is 0 Å². The van der Waals surface area contributed by atoms with E-state index in [4.69, 9.17) is 15.6 Å². The molecule has 0 radical (unpaired) electrons. The first-order valence-corrected chi connectivity index (χ1v) is 5.76. The molecular formula is C13H19NO3. The molecule has 0 heterocycles. The van der Waals surface area contributed by atoms with Gasteiger partial charge in [-0.25, -0.2) is 4.79 Å². The van der Waals surface area contributed by atoms with Gasteiger partial charge in [-0.1, -0.05) is 13.8 Å². The summed E-state index contributed by atoms with van der Waals surface area (Å²) in [4.78, 5) is 10.7. The summed E-state index contributed by atoms with van der Waals surface area (Å²) in [5.41, 5.74) is 5.96. The summed E-state index contributed by atoms with van der Waals surface area (Å²) in [5.74, 6) is 0.267. The van der Waals surface area contributed by atoms with Crippen molar-refractivity contribution in [3.63, 3.8) is 0 Å². The lowest BCUT2D eigenvalue weighted by atomic mass is 10.1. The van der Waals surface area contributed by atoms with Gasteiger partial charge in [-0.05, 0) is 30.9 Å². The van der Waals surface area contributed by atoms with Gasteiger partial charge in [0.1, 0.15) is 5.75 Å². The highest BCUT2D eigenvalue weighted by molar-refractivity contribution is 5.93. The van der Waals surface area contributed by atoms with Gasteiger partial charge in [-0.3, -0.25) is 0 Å². The molecule has 0 saturated heterocycles. The summed E-state index contributed by atoms with van der Waals surface area (Å²) in [6, 6.07) is 4.66. The Morgan fingerprint density at radius 3 is 2.71 bits per heavy atom. The fourth-order valence-electron chi connectivity index (χ4n) is 1.51. The number of hydrogen-bond donors (Lipinski definition) is 2. The van der Waals surface area contributed by atoms with E-state index in [0.717, 1.165) is 12.8 Å². The Labute approximate surface area is 101 Å². The van der Waals surface area contributed by atoms with Crippen LogP contribution in [0, 0.1) is 5.92 Å². The first-order valence-electron chi connectivity index (χ1n) is 5.76. The highest BCUT2D eigenvalue weighted by Crippen LogP contribution is 2.20. The number of nitrogen functional groups attached to an aromatic ring is 1. The van der Waals surface area contributed by atoms with Gasteiger partial charge in [0.15, 0.2) is 0 Å². The third-order valence-electron chi connectivity index (χ3n) is 2.45. The second-order valence-electron chi connectivity index (χ2n) is 4.44. The standard InChI is InChI=1S/C13H19NO3/c1-9(2)4-3-7-17-10-5-6-11(13(15)16)12(14)8-10/h5-6,8-9H,3-4,7,14H2,1-2H3,(H,15,16). The van der Waals surface area contributed by atoms with Crippen LogP contribution in [0.4, 0.5) is 5.69 Å². The molecule has 17 heavy (non-hydrogen) atoms. The molecule has 0 aliphatic heterocycles. The van der Waals surface area contributed by atoms with Crippen LogP contribution in [0.15, 0.2) is 18.2 Å². The van der Waals surface area contributed by atoms with Crippen molar-refractivity contribution in [2.45, 2.75) is 26.7 Å². The van der Waals surface area contributed by atoms with Crippen LogP contribution >= 0.6 is 0 Å². The molecule has 0 aliphatic rings. The third-order valence-corrected chi connectivity index (χ3v) is 2.45. The molecule has 0 aromatic heterocycles. The number of ether oxygens (including phenoxy) is 1. The van der Waals surface area contributed by atoms with Crippen molar-refractivity contribution >= 4 is 11.7 Å². The number of carboxylic acid groups (broad SMARTS) is 1. The molecule has 4 heteroatoms. The van der Waals surface area contributed by atoms with Crippen LogP contribution < -0.4 is 10.5 Å². The van der Waals surface area contributed by atoms with Gasteiger partial charge in [0.25, 0.3) is 0 Å². The van der Waals surface area contributed by atoms with Crippen molar-refractivity contribution in [3.8, 4) is 5.75 Å². The van der Waals surface area contributed by atoms with E-state index in [1.54, 1.807) is 12.1 Å². The van der Waals surface area contributed by atoms with Gasteiger partial charge in [0.05, 0.1) is 12.2 Å². The molecule has 0 saturated carbocycles. The lowest BCUT2D eigenvalue weighted by Crippen LogP contribution is -2.04. The second-order valence-corrected chi connectivity index (χ2v) is 4.44. The largest absolute Gasteiger partial charge is 0.494 e. The minimum Gasteiger partial charge on any atom is -0.494 e. The van der Waals surface area contributed by atoms with Gasteiger partial charge >= 0.3 is 5.97 Å². The number of benzene rings is 1. The van der Waals surface area contributed by atoms with Crippen LogP contribution in [0.5, 0.6) is 5.75 Å². The van der Waals surface area contributed by atoms with E-state index in [-0.39, 0.29) is 11.3 Å². The molecule has 0 aliphatic carbocycles. The van der Waals surface area contributed by atoms with Crippen LogP contribution in [-0.2, 0) is 0 Å². The maximum absolute atomic E-state index is 10.7. The number of nitrogens with two attached hydrogens (primary N) is 1. The molecule has 0 unspecified atom stereocenters. The Morgan fingerprint density at radius 2 is 2.18 bits per heavy atom. The van der Waals surface area contributed by atoms with Crippen molar-refractivity contribution in [1.29, 1.82) is 0 Å². The highest BCUT2D eigenvalue weighted by atomic mass is 16.5. The molecule has 1 aromatic rings. The normalized spacial score (nSPS) is 10.5. The SMILES string of the molecule is CC(C)CCCOc1ccc(C(=O)O)c(N)c1. The zero-order valence-corrected chi connectivity index (χ0v) is 10.3. The minimum absolute atomic E-state index is 0.111. The summed E-state index contributed by atoms with van der Waals surface area (Å²) in [5, 5.41) is 8.81. The molecule has 0 amide bonds. The van der Waals surface area contributed by atoms with E-state index >= 15 is 0 Å². The predicted molar refractivity (Wildman–Crippen MR) is 67.4 cm³/mol. The summed E-state index contributed by atoms with van der Waals surface area (Å²) < 4.78 is 5.50. The summed E-state index contributed by atoms with van der Waals surface area (Å²) in [7, 11) is 0. The van der Waals surface area contributed by atoms with Crippen molar-refractivity contribution in [2.24, 2.45) is 5.92 Å². The van der Waals surface area contributed by atoms with E-state index in [1.807, 2.05) is 0 Å². The highest BCUT2D eigenvalue weighted by Gasteiger charge is 2.08. The van der Waals surface area contributed by atoms with Gasteiger partial charge in [0, 0.05) is 11.8 Å². The minimum atomic E-state index is -1.02. The quantitative estimate of drug-likeness (QED) is 0.589. The molecule has 0 atom stereocenters. The fourth-order valence-corrected chi connectivity index (χ4v) is 1.51. The monoisotopic (exact) mass is 237 g/mol. The molecule has 1 rings (SSSR count). The summed E-state index contributed by atoms with van der Waals surface area (Å²) >= 11 is 0. The maximum atomic E-state index is 10.7. The number of carbonyl (C=O) groups is 1. The Balaban J connectivity index is 2.50. The van der Waals surface area contributed by atoms with E-state index in [0.29, 0.717) is 18.3 Å². The molecule has 1 aromatic carbocycles. The lowest BCUT2D eigenvalue weighted by Gasteiger charge is -2.09. The van der Waals surface area contributed by atoms with Crippen molar-refractivity contribution in [3.05, 3.63) is 23.8 Å². The molecule has 3 N–H and O–H groups in total. The number of hydrogen-bond acceptors (Lipinski definition) is 3. The summed E-state index contributed by atoms with van der Waals surface area (Å²) in [6.45, 7) is 4.96. The number of aromatic carboxylic acids is 1. The first kappa shape index (κ1) is 13.4. The zero-order chi connectivity index (χ0) is 12.8. The third kappa shape index (κ3) is 4.34. The molecule has 4 nitrogen and oxygen atoms in total. The molecule has 0 bridgehead atoms. The van der Waals surface area contributed by atoms with E-state index < -0.39 is 5.97 Å². The number of rotatable bonds is 6. The van der Waals surface area contributed by atoms with Gasteiger partial charge < -0.3 is 15.6 Å². The lowest BCUT2D eigenvalue weighted by molar-refractivity contribution is 0.0698. The first-order chi connectivity index (χ1) is 8.00. The average molecular weight is 237 g/mol. The van der Waals surface area contributed by atoms with Gasteiger partial charge in [-0.2, -0.15) is 0 Å². The average Bonchev–Trinajstić information content (AvgIpc) is 2.23. The smallest absolute Gasteiger partial charge is 0.337 e. The molecule has 0 spiro atoms. The summed E-state index contributed by atoms with van der Waals surface area (Å²) in [6.07, 6.45) is 2.10. The van der Waals surface area contributed by atoms with Crippen LogP contribution in [0.1, 0.15) is 37.0 Å². The Hall–Kier alpha value is -1.71. The Morgan fingerprint density at radius 1 is 1.47 bits per heavy atom. The van der Waals surface area contributed by atoms with Crippen LogP contribution in [-0.4, -0.2) is 17.7 Å². The Bertz CT molecular complexity index is 388. The second kappa shape index (κ2) is 6.13. The van der Waals surface area contributed by atoms with Crippen molar-refractivity contribution in [1.82, 2.24) is 0 Å². The van der Waals surface area contributed by atoms with Gasteiger partial charge in [-0.15, -0.1) is 0 Å². The molecular weight excluding hydrogens is 218 g/mol. The molecule has 94 valence electrons. The number of carboxylic acids is 1. The maximum Gasteiger partial charge on any atom is 0.337 e. The predicted octanol–water partition coefficient (Wildman–Crippen LogP) is 2.78. The Kier molecular flexibility index (Phi) is 4.82. The van der Waals surface area contributed by atoms with Crippen molar-refractivity contribution < 1.29 is 14.6 Å². The fraction of sp³-hybridized carbons (Fsp3) is 0.462. The van der Waals surface area contributed by atoms with E-state index in [2.05, 4.69) is 13.8 Å². The van der Waals surface area contributed by atoms with Crippen molar-refractivity contribution in [2.75, 3.05) is 12.3 Å². The van der Waals surface area contributed by atoms with Crippen LogP contribution in [0.3, 0.4) is 0 Å². The number of anilines is 1. The van der Waals surface area contributed by atoms with E-state index in [1.165, 1.54) is 6.07 Å². The van der Waals surface area contributed by atoms with Gasteiger partial charge in [0.2, 0.25) is 0 Å².